The molecule has 1 fully saturated rings. The summed E-state index contributed by atoms with van der Waals surface area (Å²) < 4.78 is 0. The molecule has 0 radical (unpaired) electrons. The first-order valence-corrected chi connectivity index (χ1v) is 19.8. The van der Waals surface area contributed by atoms with E-state index in [4.69, 9.17) is 22.1 Å². The van der Waals surface area contributed by atoms with Crippen LogP contribution >= 0.6 is 11.6 Å². The maximum Gasteiger partial charge on any atom is 0.234 e. The van der Waals surface area contributed by atoms with E-state index >= 15 is 0 Å². The van der Waals surface area contributed by atoms with Gasteiger partial charge in [0.1, 0.15) is 23.8 Å². The van der Waals surface area contributed by atoms with Gasteiger partial charge >= 0.3 is 0 Å². The van der Waals surface area contributed by atoms with E-state index in [1.165, 1.54) is 0 Å². The van der Waals surface area contributed by atoms with Crippen molar-refractivity contribution in [1.29, 1.82) is 10.5 Å². The molecule has 1 aliphatic rings. The van der Waals surface area contributed by atoms with E-state index < -0.39 is 0 Å². The number of rotatable bonds is 9. The Hall–Kier alpha value is -5.98. The van der Waals surface area contributed by atoms with Gasteiger partial charge in [-0.1, -0.05) is 89.5 Å². The van der Waals surface area contributed by atoms with Crippen molar-refractivity contribution < 1.29 is 4.79 Å². The average molecular weight is 797 g/mol. The number of benzene rings is 2. The van der Waals surface area contributed by atoms with Gasteiger partial charge < -0.3 is 14.7 Å². The highest BCUT2D eigenvalue weighted by molar-refractivity contribution is 6.19. The van der Waals surface area contributed by atoms with Gasteiger partial charge in [-0.2, -0.15) is 10.5 Å². The second-order valence-electron chi connectivity index (χ2n) is 16.4. The first-order chi connectivity index (χ1) is 27.6. The van der Waals surface area contributed by atoms with E-state index in [9.17, 15) is 4.79 Å². The molecule has 2 aromatic heterocycles. The van der Waals surface area contributed by atoms with Crippen molar-refractivity contribution in [2.45, 2.75) is 61.6 Å². The second-order valence-corrected chi connectivity index (χ2v) is 16.7. The quantitative estimate of drug-likeness (QED) is 0.130. The van der Waals surface area contributed by atoms with Crippen molar-refractivity contribution in [3.63, 3.8) is 0 Å². The molecular weight excluding hydrogens is 744 g/mol. The molecule has 300 valence electrons. The highest BCUT2D eigenvalue weighted by Gasteiger charge is 2.21. The van der Waals surface area contributed by atoms with Gasteiger partial charge in [0.2, 0.25) is 17.6 Å². The third-order valence-electron chi connectivity index (χ3n) is 8.77. The van der Waals surface area contributed by atoms with Crippen molar-refractivity contribution >= 4 is 29.1 Å². The fraction of sp³-hybridized carbons (Fsp3) is 0.413. The SMILES string of the molecule is CC(=O)N1CCN(CC#Cc2ccc(CN(CC(C)(C)C)c3ccnc(C#N)n3)cc2)CC1.CC(C)(C)CN(Cc1ccc(C#CCCl)cc1)c1ccnc(C#N)n1. The van der Waals surface area contributed by atoms with E-state index in [2.05, 4.69) is 124 Å². The third-order valence-corrected chi connectivity index (χ3v) is 8.90. The number of hydrogen-bond acceptors (Lipinski definition) is 10. The Balaban J connectivity index is 0.000000267. The number of carbonyl (C=O) groups excluding carboxylic acids is 1. The minimum Gasteiger partial charge on any atom is -0.352 e. The van der Waals surface area contributed by atoms with Crippen molar-refractivity contribution in [2.75, 3.05) is 61.5 Å². The monoisotopic (exact) mass is 796 g/mol. The number of hydrogen-bond donors (Lipinski definition) is 0. The van der Waals surface area contributed by atoms with Crippen molar-refractivity contribution in [3.05, 3.63) is 107 Å². The van der Waals surface area contributed by atoms with Crippen molar-refractivity contribution in [1.82, 2.24) is 29.7 Å². The summed E-state index contributed by atoms with van der Waals surface area (Å²) in [5.41, 5.74) is 4.39. The van der Waals surface area contributed by atoms with E-state index in [0.717, 1.165) is 73.2 Å². The molecule has 5 rings (SSSR count). The zero-order chi connectivity index (χ0) is 42.1. The largest absolute Gasteiger partial charge is 0.352 e. The third kappa shape index (κ3) is 15.5. The lowest BCUT2D eigenvalue weighted by molar-refractivity contribution is -0.130. The van der Waals surface area contributed by atoms with Crippen LogP contribution in [0.2, 0.25) is 0 Å². The highest BCUT2D eigenvalue weighted by atomic mass is 35.5. The summed E-state index contributed by atoms with van der Waals surface area (Å²) in [6.45, 7) is 21.7. The summed E-state index contributed by atoms with van der Waals surface area (Å²) in [7, 11) is 0. The van der Waals surface area contributed by atoms with Crippen LogP contribution in [0.4, 0.5) is 11.6 Å². The van der Waals surface area contributed by atoms with Crippen LogP contribution in [-0.2, 0) is 17.9 Å². The van der Waals surface area contributed by atoms with Crippen LogP contribution in [0.3, 0.4) is 0 Å². The molecule has 0 spiro atoms. The first-order valence-electron chi connectivity index (χ1n) is 19.3. The predicted molar refractivity (Wildman–Crippen MR) is 231 cm³/mol. The molecule has 1 aliphatic heterocycles. The Labute approximate surface area is 349 Å². The fourth-order valence-corrected chi connectivity index (χ4v) is 6.24. The lowest BCUT2D eigenvalue weighted by atomic mass is 9.95. The standard InChI is InChI=1S/C26H32N6O.C20H21ClN4/c1-21(33)31-16-14-30(15-17-31)13-5-6-22-7-9-23(10-8-22)19-32(20-26(2,3)4)25-11-12-28-24(18-27)29-25;1-20(2,3)15-25(19-10-12-23-18(13-22)24-19)14-17-8-6-16(7-9-17)5-4-11-21/h7-12H,13-17,19-20H2,1-4H3;6-10,12H,11,14-15H2,1-3H3. The molecule has 1 saturated heterocycles. The van der Waals surface area contributed by atoms with Crippen LogP contribution in [0.15, 0.2) is 73.1 Å². The maximum absolute atomic E-state index is 11.4. The number of carbonyl (C=O) groups is 1. The van der Waals surface area contributed by atoms with Crippen molar-refractivity contribution in [3.8, 4) is 35.8 Å². The minimum absolute atomic E-state index is 0.0685. The van der Waals surface area contributed by atoms with Crippen LogP contribution in [0, 0.1) is 57.2 Å². The lowest BCUT2D eigenvalue weighted by Crippen LogP contribution is -2.47. The number of nitrogens with zero attached hydrogens (tertiary/aromatic N) is 10. The van der Waals surface area contributed by atoms with Crippen LogP contribution < -0.4 is 9.80 Å². The van der Waals surface area contributed by atoms with Crippen LogP contribution in [0.1, 0.15) is 82.4 Å². The van der Waals surface area contributed by atoms with Crippen LogP contribution in [0.5, 0.6) is 0 Å². The Morgan fingerprint density at radius 2 is 1.12 bits per heavy atom. The summed E-state index contributed by atoms with van der Waals surface area (Å²) in [5, 5.41) is 18.2. The molecule has 0 bridgehead atoms. The topological polar surface area (TPSA) is 129 Å². The van der Waals surface area contributed by atoms with Gasteiger partial charge in [0.05, 0.1) is 12.4 Å². The molecule has 0 atom stereocenters. The molecule has 0 unspecified atom stereocenters. The number of halogens is 1. The van der Waals surface area contributed by atoms with Gasteiger partial charge in [-0.15, -0.1) is 11.6 Å². The van der Waals surface area contributed by atoms with Gasteiger partial charge in [0, 0.05) is 82.8 Å². The molecular formula is C46H53ClN10O. The molecule has 1 amide bonds. The number of piperazine rings is 1. The van der Waals surface area contributed by atoms with E-state index in [-0.39, 0.29) is 28.4 Å². The van der Waals surface area contributed by atoms with Crippen LogP contribution in [-0.4, -0.2) is 87.3 Å². The molecule has 2 aromatic carbocycles. The van der Waals surface area contributed by atoms with E-state index in [1.54, 1.807) is 19.3 Å². The molecule has 0 aliphatic carbocycles. The smallest absolute Gasteiger partial charge is 0.234 e. The molecule has 4 aromatic rings. The second kappa shape index (κ2) is 21.5. The number of alkyl halides is 1. The normalized spacial score (nSPS) is 12.6. The summed E-state index contributed by atoms with van der Waals surface area (Å²) in [4.78, 5) is 36.6. The number of nitriles is 2. The molecule has 12 heteroatoms. The fourth-order valence-electron chi connectivity index (χ4n) is 6.18. The number of anilines is 2. The van der Waals surface area contributed by atoms with Gasteiger partial charge in [0.15, 0.2) is 0 Å². The van der Waals surface area contributed by atoms with Gasteiger partial charge in [-0.05, 0) is 58.4 Å². The maximum atomic E-state index is 11.4. The average Bonchev–Trinajstić information content (AvgIpc) is 3.20. The van der Waals surface area contributed by atoms with Gasteiger partial charge in [-0.3, -0.25) is 9.69 Å². The summed E-state index contributed by atoms with van der Waals surface area (Å²) in [6, 6.07) is 24.1. The predicted octanol–water partition coefficient (Wildman–Crippen LogP) is 6.91. The minimum atomic E-state index is 0.0685. The highest BCUT2D eigenvalue weighted by Crippen LogP contribution is 2.24. The number of amides is 1. The van der Waals surface area contributed by atoms with E-state index in [0.29, 0.717) is 25.5 Å². The molecule has 11 nitrogen and oxygen atoms in total. The number of aromatic nitrogens is 4. The molecule has 3 heterocycles. The van der Waals surface area contributed by atoms with Gasteiger partial charge in [-0.25, -0.2) is 19.9 Å². The molecule has 58 heavy (non-hydrogen) atoms. The summed E-state index contributed by atoms with van der Waals surface area (Å²) in [6.07, 6.45) is 3.26. The van der Waals surface area contributed by atoms with E-state index in [1.807, 2.05) is 53.4 Å². The van der Waals surface area contributed by atoms with Crippen molar-refractivity contribution in [2.24, 2.45) is 10.8 Å². The zero-order valence-electron chi connectivity index (χ0n) is 34.8. The van der Waals surface area contributed by atoms with Gasteiger partial charge in [0.25, 0.3) is 0 Å². The Kier molecular flexibility index (Phi) is 16.6. The zero-order valence-corrected chi connectivity index (χ0v) is 35.5. The van der Waals surface area contributed by atoms with Crippen LogP contribution in [0.25, 0.3) is 0 Å². The Morgan fingerprint density at radius 3 is 1.50 bits per heavy atom. The Morgan fingerprint density at radius 1 is 0.690 bits per heavy atom. The first kappa shape index (κ1) is 44.7. The molecule has 0 N–H and O–H groups in total. The summed E-state index contributed by atoms with van der Waals surface area (Å²) in [5.74, 6) is 14.7. The lowest BCUT2D eigenvalue weighted by Gasteiger charge is -2.32. The summed E-state index contributed by atoms with van der Waals surface area (Å²) >= 11 is 5.59. The Bertz CT molecular complexity index is 2170. The molecule has 0 saturated carbocycles.